The molecule has 1 aliphatic heterocycles. The summed E-state index contributed by atoms with van der Waals surface area (Å²) in [4.78, 5) is 2.11. The maximum Gasteiger partial charge on any atom is 0.573 e. The van der Waals surface area contributed by atoms with Crippen LogP contribution in [0.25, 0.3) is 10.1 Å². The predicted molar refractivity (Wildman–Crippen MR) is 133 cm³/mol. The van der Waals surface area contributed by atoms with E-state index in [1.807, 2.05) is 45.3 Å². The quantitative estimate of drug-likeness (QED) is 0.414. The minimum absolute atomic E-state index is 0.00407. The smallest absolute Gasteiger partial charge is 0.406 e. The molecular formula is C24H28F3N3O3S2. The molecule has 190 valence electrons. The lowest BCUT2D eigenvalue weighted by Crippen LogP contribution is -2.49. The maximum atomic E-state index is 13.9. The van der Waals surface area contributed by atoms with E-state index in [0.29, 0.717) is 29.7 Å². The third-order valence-electron chi connectivity index (χ3n) is 6.29. The maximum absolute atomic E-state index is 13.9. The third-order valence-corrected chi connectivity index (χ3v) is 9.58. The molecule has 0 aliphatic carbocycles. The lowest BCUT2D eigenvalue weighted by Gasteiger charge is -2.37. The molecule has 0 spiro atoms. The van der Waals surface area contributed by atoms with Gasteiger partial charge in [-0.15, -0.1) is 24.5 Å². The monoisotopic (exact) mass is 527 g/mol. The van der Waals surface area contributed by atoms with Crippen LogP contribution in [0.5, 0.6) is 5.75 Å². The molecule has 1 saturated heterocycles. The summed E-state index contributed by atoms with van der Waals surface area (Å²) in [5.74, 6) is -0.348. The topological polar surface area (TPSA) is 53.1 Å². The molecule has 35 heavy (non-hydrogen) atoms. The van der Waals surface area contributed by atoms with Crippen molar-refractivity contribution >= 4 is 36.6 Å². The van der Waals surface area contributed by atoms with Crippen molar-refractivity contribution in [2.24, 2.45) is 0 Å². The highest BCUT2D eigenvalue weighted by molar-refractivity contribution is 7.90. The number of thiophene rings is 1. The lowest BCUT2D eigenvalue weighted by atomic mass is 10.1. The first-order valence-corrected chi connectivity index (χ1v) is 13.4. The summed E-state index contributed by atoms with van der Waals surface area (Å²) in [5, 5.41) is 1.59. The fraction of sp³-hybridized carbons (Fsp3) is 0.417. The number of alkyl halides is 3. The van der Waals surface area contributed by atoms with Gasteiger partial charge in [0.25, 0.3) is 0 Å². The van der Waals surface area contributed by atoms with Crippen molar-refractivity contribution in [1.29, 1.82) is 0 Å². The van der Waals surface area contributed by atoms with Crippen LogP contribution in [0.1, 0.15) is 24.0 Å². The number of anilines is 1. The molecule has 4 rings (SSSR count). The Morgan fingerprint density at radius 3 is 2.26 bits per heavy atom. The third kappa shape index (κ3) is 5.74. The minimum Gasteiger partial charge on any atom is -0.406 e. The molecule has 1 aliphatic rings. The fourth-order valence-corrected chi connectivity index (χ4v) is 7.47. The second kappa shape index (κ2) is 9.96. The van der Waals surface area contributed by atoms with Gasteiger partial charge in [-0.05, 0) is 68.6 Å². The molecule has 6 nitrogen and oxygen atoms in total. The number of halogens is 3. The Labute approximate surface area is 207 Å². The number of hydrogen-bond acceptors (Lipinski definition) is 5. The van der Waals surface area contributed by atoms with E-state index < -0.39 is 16.6 Å². The van der Waals surface area contributed by atoms with Gasteiger partial charge in [0.1, 0.15) is 10.8 Å². The van der Waals surface area contributed by atoms with Crippen molar-refractivity contribution in [2.75, 3.05) is 31.5 Å². The molecular weight excluding hydrogens is 499 g/mol. The molecule has 0 unspecified atom stereocenters. The van der Waals surface area contributed by atoms with Crippen LogP contribution in [0.15, 0.2) is 48.5 Å². The van der Waals surface area contributed by atoms with Gasteiger partial charge in [-0.25, -0.2) is 4.31 Å². The minimum atomic E-state index is -4.79. The van der Waals surface area contributed by atoms with E-state index in [0.717, 1.165) is 28.5 Å². The molecule has 2 heterocycles. The standard InChI is InChI=1S/C24H28F3N3O3S2/c1-17-21-6-4-5-7-22(21)34-23(17)30(16-18-8-10-20(11-9-18)33-24(25,26)27)35(31,32)29-14-12-19(13-15-29)28(2)3/h4-11,19H,12-16H2,1-3H3. The van der Waals surface area contributed by atoms with E-state index in [-0.39, 0.29) is 12.3 Å². The van der Waals surface area contributed by atoms with Gasteiger partial charge in [0.05, 0.1) is 6.54 Å². The van der Waals surface area contributed by atoms with Crippen LogP contribution in [0.4, 0.5) is 18.2 Å². The number of ether oxygens (including phenoxy) is 1. The number of hydrogen-bond donors (Lipinski definition) is 0. The first-order chi connectivity index (χ1) is 16.5. The van der Waals surface area contributed by atoms with E-state index in [2.05, 4.69) is 9.64 Å². The molecule has 0 N–H and O–H groups in total. The summed E-state index contributed by atoms with van der Waals surface area (Å²) in [6, 6.07) is 13.4. The average Bonchev–Trinajstić information content (AvgIpc) is 3.13. The highest BCUT2D eigenvalue weighted by Crippen LogP contribution is 2.40. The molecule has 1 fully saturated rings. The number of piperidine rings is 1. The molecule has 2 aromatic carbocycles. The molecule has 3 aromatic rings. The molecule has 0 amide bonds. The van der Waals surface area contributed by atoms with E-state index >= 15 is 0 Å². The highest BCUT2D eigenvalue weighted by atomic mass is 32.2. The molecule has 0 bridgehead atoms. The van der Waals surface area contributed by atoms with Crippen LogP contribution in [0.3, 0.4) is 0 Å². The zero-order valence-corrected chi connectivity index (χ0v) is 21.4. The molecule has 0 saturated carbocycles. The van der Waals surface area contributed by atoms with Crippen molar-refractivity contribution in [3.63, 3.8) is 0 Å². The molecule has 11 heteroatoms. The first-order valence-electron chi connectivity index (χ1n) is 11.2. The average molecular weight is 528 g/mol. The molecule has 1 aromatic heterocycles. The van der Waals surface area contributed by atoms with Crippen LogP contribution in [-0.2, 0) is 16.8 Å². The van der Waals surface area contributed by atoms with Crippen molar-refractivity contribution in [3.8, 4) is 5.75 Å². The van der Waals surface area contributed by atoms with Crippen LogP contribution < -0.4 is 9.04 Å². The van der Waals surface area contributed by atoms with Gasteiger partial charge < -0.3 is 9.64 Å². The van der Waals surface area contributed by atoms with Crippen LogP contribution in [-0.4, -0.2) is 57.2 Å². The Bertz CT molecular complexity index is 1270. The lowest BCUT2D eigenvalue weighted by molar-refractivity contribution is -0.274. The Morgan fingerprint density at radius 2 is 1.69 bits per heavy atom. The normalized spacial score (nSPS) is 16.2. The highest BCUT2D eigenvalue weighted by Gasteiger charge is 2.36. The SMILES string of the molecule is Cc1c(N(Cc2ccc(OC(F)(F)F)cc2)S(=O)(=O)N2CCC(N(C)C)CC2)sc2ccccc12. The number of rotatable bonds is 7. The fourth-order valence-electron chi connectivity index (χ4n) is 4.35. The Hall–Kier alpha value is -2.34. The van der Waals surface area contributed by atoms with Crippen molar-refractivity contribution in [2.45, 2.75) is 38.7 Å². The second-order valence-electron chi connectivity index (χ2n) is 8.83. The van der Waals surface area contributed by atoms with E-state index in [1.165, 1.54) is 44.2 Å². The predicted octanol–water partition coefficient (Wildman–Crippen LogP) is 5.39. The summed E-state index contributed by atoms with van der Waals surface area (Å²) in [6.07, 6.45) is -3.33. The zero-order chi connectivity index (χ0) is 25.4. The van der Waals surface area contributed by atoms with Gasteiger partial charge in [0, 0.05) is 23.8 Å². The van der Waals surface area contributed by atoms with Gasteiger partial charge >= 0.3 is 16.6 Å². The van der Waals surface area contributed by atoms with Gasteiger partial charge in [0.15, 0.2) is 0 Å². The van der Waals surface area contributed by atoms with Gasteiger partial charge in [0.2, 0.25) is 0 Å². The number of nitrogens with zero attached hydrogens (tertiary/aromatic N) is 3. The summed E-state index contributed by atoms with van der Waals surface area (Å²) >= 11 is 1.40. The summed E-state index contributed by atoms with van der Waals surface area (Å²) in [7, 11) is 0.102. The summed E-state index contributed by atoms with van der Waals surface area (Å²) in [6.45, 7) is 2.71. The largest absolute Gasteiger partial charge is 0.573 e. The van der Waals surface area contributed by atoms with Gasteiger partial charge in [-0.2, -0.15) is 12.7 Å². The first kappa shape index (κ1) is 25.7. The van der Waals surface area contributed by atoms with E-state index in [4.69, 9.17) is 0 Å². The van der Waals surface area contributed by atoms with E-state index in [1.54, 1.807) is 0 Å². The molecule has 0 radical (unpaired) electrons. The second-order valence-corrected chi connectivity index (χ2v) is 11.7. The van der Waals surface area contributed by atoms with Crippen molar-refractivity contribution < 1.29 is 26.3 Å². The number of aryl methyl sites for hydroxylation is 1. The summed E-state index contributed by atoms with van der Waals surface area (Å²) in [5.41, 5.74) is 1.41. The van der Waals surface area contributed by atoms with Gasteiger partial charge in [-0.3, -0.25) is 0 Å². The Balaban J connectivity index is 1.68. The Morgan fingerprint density at radius 1 is 1.06 bits per heavy atom. The van der Waals surface area contributed by atoms with Crippen LogP contribution >= 0.6 is 11.3 Å². The van der Waals surface area contributed by atoms with E-state index in [9.17, 15) is 21.6 Å². The molecule has 0 atom stereocenters. The van der Waals surface area contributed by atoms with Crippen LogP contribution in [0.2, 0.25) is 0 Å². The number of fused-ring (bicyclic) bond motifs is 1. The summed E-state index contributed by atoms with van der Waals surface area (Å²) < 4.78 is 73.3. The van der Waals surface area contributed by atoms with Crippen LogP contribution in [0, 0.1) is 6.92 Å². The number of benzene rings is 2. The van der Waals surface area contributed by atoms with Gasteiger partial charge in [-0.1, -0.05) is 30.3 Å². The van der Waals surface area contributed by atoms with Crippen molar-refractivity contribution in [3.05, 3.63) is 59.7 Å². The zero-order valence-electron chi connectivity index (χ0n) is 19.7. The Kier molecular flexibility index (Phi) is 7.33. The van der Waals surface area contributed by atoms with Crippen molar-refractivity contribution in [1.82, 2.24) is 9.21 Å².